The predicted molar refractivity (Wildman–Crippen MR) is 105 cm³/mol. The van der Waals surface area contributed by atoms with Gasteiger partial charge < -0.3 is 9.84 Å². The lowest BCUT2D eigenvalue weighted by Crippen LogP contribution is -2.09. The van der Waals surface area contributed by atoms with E-state index in [1.165, 1.54) is 21.0 Å². The number of ketones is 2. The minimum absolute atomic E-state index is 0.0648. The molecule has 0 atom stereocenters. The van der Waals surface area contributed by atoms with Crippen molar-refractivity contribution >= 4 is 17.5 Å². The van der Waals surface area contributed by atoms with Crippen LogP contribution >= 0.6 is 0 Å². The van der Waals surface area contributed by atoms with Crippen LogP contribution in [0.1, 0.15) is 76.0 Å². The van der Waals surface area contributed by atoms with Crippen molar-refractivity contribution in [1.29, 1.82) is 0 Å². The molecule has 0 aromatic carbocycles. The van der Waals surface area contributed by atoms with Crippen LogP contribution in [0.15, 0.2) is 24.3 Å². The van der Waals surface area contributed by atoms with Gasteiger partial charge in [-0.3, -0.25) is 9.59 Å². The third-order valence-electron chi connectivity index (χ3n) is 3.92. The van der Waals surface area contributed by atoms with Crippen LogP contribution in [0.4, 0.5) is 0 Å². The predicted octanol–water partition coefficient (Wildman–Crippen LogP) is 2.97. The summed E-state index contributed by atoms with van der Waals surface area (Å²) in [6.07, 6.45) is 1.59. The maximum absolute atomic E-state index is 11.3. The summed E-state index contributed by atoms with van der Waals surface area (Å²) >= 11 is 0. The van der Waals surface area contributed by atoms with Gasteiger partial charge in [-0.25, -0.2) is 14.8 Å². The van der Waals surface area contributed by atoms with Crippen molar-refractivity contribution in [1.82, 2.24) is 9.97 Å². The lowest BCUT2D eigenvalue weighted by atomic mass is 10.1. The quantitative estimate of drug-likeness (QED) is 0.601. The normalized spacial score (nSPS) is 9.93. The number of carbonyl (C=O) groups is 3. The number of aryl methyl sites for hydroxylation is 2. The summed E-state index contributed by atoms with van der Waals surface area (Å²) in [6, 6.07) is 6.90. The lowest BCUT2D eigenvalue weighted by Gasteiger charge is -2.04. The molecule has 2 heterocycles. The molecule has 7 nitrogen and oxygen atoms in total. The van der Waals surface area contributed by atoms with E-state index in [2.05, 4.69) is 14.7 Å². The van der Waals surface area contributed by atoms with E-state index in [4.69, 9.17) is 5.11 Å². The summed E-state index contributed by atoms with van der Waals surface area (Å²) in [4.78, 5) is 41.4. The zero-order valence-electron chi connectivity index (χ0n) is 16.9. The van der Waals surface area contributed by atoms with Gasteiger partial charge in [0.15, 0.2) is 11.6 Å². The number of Topliss-reactive ketones (excluding diaryl/α,β-unsaturated/α-hetero) is 2. The Morgan fingerprint density at radius 1 is 0.857 bits per heavy atom. The highest BCUT2D eigenvalue weighted by atomic mass is 16.5. The third-order valence-corrected chi connectivity index (χ3v) is 3.92. The molecule has 2 rings (SSSR count). The maximum atomic E-state index is 11.3. The van der Waals surface area contributed by atoms with Gasteiger partial charge in [0.05, 0.1) is 19.4 Å². The number of hydrogen-bond donors (Lipinski definition) is 1. The van der Waals surface area contributed by atoms with Crippen LogP contribution in [0.25, 0.3) is 0 Å². The molecule has 0 unspecified atom stereocenters. The average molecular weight is 386 g/mol. The van der Waals surface area contributed by atoms with Crippen LogP contribution in [0, 0.1) is 0 Å². The third kappa shape index (κ3) is 6.66. The zero-order chi connectivity index (χ0) is 21.3. The molecule has 0 amide bonds. The van der Waals surface area contributed by atoms with E-state index in [9.17, 15) is 14.4 Å². The second kappa shape index (κ2) is 11.0. The van der Waals surface area contributed by atoms with E-state index >= 15 is 0 Å². The number of aliphatic hydroxyl groups excluding tert-OH is 1. The monoisotopic (exact) mass is 386 g/mol. The van der Waals surface area contributed by atoms with E-state index in [1.54, 1.807) is 18.2 Å². The number of nitrogens with zero attached hydrogens (tertiary/aromatic N) is 2. The molecular formula is C21H26N2O5. The number of rotatable bonds is 6. The number of methoxy groups -OCH3 is 1. The van der Waals surface area contributed by atoms with E-state index < -0.39 is 5.97 Å². The summed E-state index contributed by atoms with van der Waals surface area (Å²) in [5.41, 5.74) is 3.41. The van der Waals surface area contributed by atoms with E-state index in [0.29, 0.717) is 17.1 Å². The fourth-order valence-corrected chi connectivity index (χ4v) is 2.30. The molecule has 0 fully saturated rings. The Balaban J connectivity index is 0.000000283. The summed E-state index contributed by atoms with van der Waals surface area (Å²) in [7, 11) is 1.29. The van der Waals surface area contributed by atoms with Crippen molar-refractivity contribution in [3.8, 4) is 0 Å². The number of ether oxygens (including phenoxy) is 1. The molecule has 0 saturated heterocycles. The highest BCUT2D eigenvalue weighted by Gasteiger charge is 2.12. The van der Waals surface area contributed by atoms with Crippen LogP contribution < -0.4 is 0 Å². The Hall–Kier alpha value is -2.93. The molecule has 7 heteroatoms. The molecule has 1 N–H and O–H groups in total. The van der Waals surface area contributed by atoms with Crippen LogP contribution in [0.5, 0.6) is 0 Å². The Morgan fingerprint density at radius 3 is 1.75 bits per heavy atom. The first-order valence-corrected chi connectivity index (χ1v) is 8.97. The van der Waals surface area contributed by atoms with Crippen molar-refractivity contribution in [3.63, 3.8) is 0 Å². The summed E-state index contributed by atoms with van der Waals surface area (Å²) in [6.45, 7) is 6.72. The molecule has 0 aliphatic heterocycles. The van der Waals surface area contributed by atoms with Gasteiger partial charge in [-0.05, 0) is 48.2 Å². The second-order valence-corrected chi connectivity index (χ2v) is 6.07. The van der Waals surface area contributed by atoms with Gasteiger partial charge in [0.2, 0.25) is 0 Å². The maximum Gasteiger partial charge on any atom is 0.356 e. The minimum atomic E-state index is -0.521. The van der Waals surface area contributed by atoms with Gasteiger partial charge in [-0.1, -0.05) is 13.8 Å². The van der Waals surface area contributed by atoms with Crippen LogP contribution in [0.3, 0.4) is 0 Å². The number of carbonyl (C=O) groups excluding carboxylic acids is 3. The zero-order valence-corrected chi connectivity index (χ0v) is 16.9. The first kappa shape index (κ1) is 23.1. The molecule has 0 aliphatic rings. The van der Waals surface area contributed by atoms with Gasteiger partial charge in [0, 0.05) is 13.8 Å². The van der Waals surface area contributed by atoms with Crippen molar-refractivity contribution in [3.05, 3.63) is 58.2 Å². The van der Waals surface area contributed by atoms with Crippen molar-refractivity contribution in [2.75, 3.05) is 7.11 Å². The van der Waals surface area contributed by atoms with E-state index in [1.807, 2.05) is 19.9 Å². The van der Waals surface area contributed by atoms with Gasteiger partial charge in [-0.2, -0.15) is 0 Å². The number of esters is 1. The number of pyridine rings is 2. The summed E-state index contributed by atoms with van der Waals surface area (Å²) in [5, 5.41) is 8.89. The number of aromatic nitrogens is 2. The van der Waals surface area contributed by atoms with Gasteiger partial charge in [-0.15, -0.1) is 0 Å². The molecule has 0 spiro atoms. The van der Waals surface area contributed by atoms with Crippen molar-refractivity contribution < 1.29 is 24.2 Å². The molecule has 28 heavy (non-hydrogen) atoms. The van der Waals surface area contributed by atoms with Gasteiger partial charge in [0.1, 0.15) is 17.1 Å². The largest absolute Gasteiger partial charge is 0.464 e. The second-order valence-electron chi connectivity index (χ2n) is 6.07. The van der Waals surface area contributed by atoms with E-state index in [-0.39, 0.29) is 23.9 Å². The fourth-order valence-electron chi connectivity index (χ4n) is 2.30. The molecule has 150 valence electrons. The SMILES string of the molecule is CCc1cc(C(C)=O)nc(C(=O)OC)c1.CCc1cc(CO)nc(C(C)=O)c1. The number of hydrogen-bond acceptors (Lipinski definition) is 7. The van der Waals surface area contributed by atoms with Crippen LogP contribution in [-0.4, -0.2) is 39.7 Å². The minimum Gasteiger partial charge on any atom is -0.464 e. The topological polar surface area (TPSA) is 106 Å². The average Bonchev–Trinajstić information content (AvgIpc) is 2.72. The highest BCUT2D eigenvalue weighted by Crippen LogP contribution is 2.09. The van der Waals surface area contributed by atoms with Gasteiger partial charge >= 0.3 is 5.97 Å². The summed E-state index contributed by atoms with van der Waals surface area (Å²) in [5.74, 6) is -0.742. The van der Waals surface area contributed by atoms with Gasteiger partial charge in [0.25, 0.3) is 0 Å². The number of aliphatic hydroxyl groups is 1. The molecule has 0 radical (unpaired) electrons. The van der Waals surface area contributed by atoms with Crippen LogP contribution in [-0.2, 0) is 24.2 Å². The molecule has 0 aliphatic carbocycles. The lowest BCUT2D eigenvalue weighted by molar-refractivity contribution is 0.0593. The smallest absolute Gasteiger partial charge is 0.356 e. The Morgan fingerprint density at radius 2 is 1.32 bits per heavy atom. The fraction of sp³-hybridized carbons (Fsp3) is 0.381. The van der Waals surface area contributed by atoms with Crippen molar-refractivity contribution in [2.24, 2.45) is 0 Å². The first-order valence-electron chi connectivity index (χ1n) is 8.97. The molecular weight excluding hydrogens is 360 g/mol. The Labute approximate surface area is 164 Å². The van der Waals surface area contributed by atoms with E-state index in [0.717, 1.165) is 24.0 Å². The summed E-state index contributed by atoms with van der Waals surface area (Å²) < 4.78 is 4.56. The first-order chi connectivity index (χ1) is 13.2. The molecule has 2 aromatic rings. The Bertz CT molecular complexity index is 840. The molecule has 0 bridgehead atoms. The van der Waals surface area contributed by atoms with Crippen molar-refractivity contribution in [2.45, 2.75) is 47.1 Å². The standard InChI is InChI=1S/C11H13NO3.C10H13NO2/c1-4-8-5-9(7(2)13)12-10(6-8)11(14)15-3;1-3-8-4-9(6-12)11-10(5-8)7(2)13/h5-6H,4H2,1-3H3;4-5,12H,3,6H2,1-2H3. The molecule has 2 aromatic heterocycles. The molecule has 0 saturated carbocycles. The Kier molecular flexibility index (Phi) is 9.11. The highest BCUT2D eigenvalue weighted by molar-refractivity contribution is 5.94. The van der Waals surface area contributed by atoms with Crippen LogP contribution in [0.2, 0.25) is 0 Å².